The van der Waals surface area contributed by atoms with E-state index in [4.69, 9.17) is 14.2 Å². The molecule has 0 bridgehead atoms. The number of fused-ring (bicyclic) bond motifs is 3. The van der Waals surface area contributed by atoms with E-state index in [9.17, 15) is 9.59 Å². The molecule has 0 aliphatic carbocycles. The van der Waals surface area contributed by atoms with E-state index in [1.54, 1.807) is 26.5 Å². The number of hydrogen-bond donors (Lipinski definition) is 1. The number of amides is 1. The smallest absolute Gasteiger partial charge is 0.274 e. The third-order valence-electron chi connectivity index (χ3n) is 7.75. The summed E-state index contributed by atoms with van der Waals surface area (Å²) in [6.45, 7) is 6.20. The first-order chi connectivity index (χ1) is 19.5. The van der Waals surface area contributed by atoms with Crippen molar-refractivity contribution >= 4 is 22.5 Å². The van der Waals surface area contributed by atoms with E-state index in [1.165, 1.54) is 0 Å². The number of rotatable bonds is 9. The number of H-pyrrole nitrogens is 1. The largest absolute Gasteiger partial charge is 0.501 e. The zero-order valence-electron chi connectivity index (χ0n) is 23.8. The van der Waals surface area contributed by atoms with Crippen molar-refractivity contribution in [1.29, 1.82) is 0 Å². The Morgan fingerprint density at radius 2 is 2.02 bits per heavy atom. The second-order valence-electron chi connectivity index (χ2n) is 10.4. The van der Waals surface area contributed by atoms with E-state index in [-0.39, 0.29) is 24.0 Å². The van der Waals surface area contributed by atoms with E-state index < -0.39 is 0 Å². The number of carbonyl (C=O) groups is 1. The van der Waals surface area contributed by atoms with E-state index >= 15 is 0 Å². The van der Waals surface area contributed by atoms with Crippen LogP contribution in [0.5, 0.6) is 0 Å². The summed E-state index contributed by atoms with van der Waals surface area (Å²) >= 11 is 0. The van der Waals surface area contributed by atoms with Gasteiger partial charge in [0.15, 0.2) is 0 Å². The summed E-state index contributed by atoms with van der Waals surface area (Å²) < 4.78 is 18.4. The first-order valence-electron chi connectivity index (χ1n) is 14.0. The number of ether oxygens (including phenoxy) is 3. The van der Waals surface area contributed by atoms with Crippen LogP contribution in [-0.2, 0) is 20.8 Å². The lowest BCUT2D eigenvalue weighted by Crippen LogP contribution is -2.28. The minimum absolute atomic E-state index is 0.125. The van der Waals surface area contributed by atoms with Crippen molar-refractivity contribution in [1.82, 2.24) is 19.3 Å². The monoisotopic (exact) mass is 546 g/mol. The van der Waals surface area contributed by atoms with Crippen LogP contribution < -0.4 is 5.56 Å². The second-order valence-corrected chi connectivity index (χ2v) is 10.4. The Labute approximate surface area is 234 Å². The SMILES string of the molecule is CCC/C=C/C1=C(/C=C(\C)OC)CCN1C(=O)c1cc2[nH]c(=O)c3cnc(C4CCOCC4)n3c2cc1COC. The highest BCUT2D eigenvalue weighted by Crippen LogP contribution is 2.32. The van der Waals surface area contributed by atoms with Gasteiger partial charge in [-0.25, -0.2) is 4.98 Å². The normalized spacial score (nSPS) is 17.2. The number of unbranched alkanes of at least 4 members (excludes halogenated alkanes) is 1. The molecular formula is C31H38N4O5. The van der Waals surface area contributed by atoms with Crippen molar-refractivity contribution in [3.8, 4) is 0 Å². The summed E-state index contributed by atoms with van der Waals surface area (Å²) in [5, 5.41) is 0. The number of hydrogen-bond acceptors (Lipinski definition) is 6. The number of methoxy groups -OCH3 is 2. The van der Waals surface area contributed by atoms with Crippen molar-refractivity contribution in [3.63, 3.8) is 0 Å². The predicted octanol–water partition coefficient (Wildman–Crippen LogP) is 5.22. The Kier molecular flexibility index (Phi) is 8.52. The molecule has 2 aliphatic heterocycles. The first kappa shape index (κ1) is 27.9. The molecular weight excluding hydrogens is 508 g/mol. The number of nitrogens with zero attached hydrogens (tertiary/aromatic N) is 3. The summed E-state index contributed by atoms with van der Waals surface area (Å²) in [6.07, 6.45) is 12.2. The van der Waals surface area contributed by atoms with E-state index in [0.717, 1.165) is 66.0 Å². The lowest BCUT2D eigenvalue weighted by molar-refractivity contribution is 0.0818. The van der Waals surface area contributed by atoms with Gasteiger partial charge in [-0.2, -0.15) is 0 Å². The molecule has 1 N–H and O–H groups in total. The van der Waals surface area contributed by atoms with Crippen LogP contribution in [0.3, 0.4) is 0 Å². The number of aromatic amines is 1. The quantitative estimate of drug-likeness (QED) is 0.370. The number of aromatic nitrogens is 3. The van der Waals surface area contributed by atoms with Crippen LogP contribution in [0.1, 0.15) is 73.6 Å². The average Bonchev–Trinajstić information content (AvgIpc) is 3.59. The molecule has 9 heteroatoms. The molecule has 0 atom stereocenters. The summed E-state index contributed by atoms with van der Waals surface area (Å²) in [5.41, 5.74) is 4.85. The zero-order chi connectivity index (χ0) is 28.2. The van der Waals surface area contributed by atoms with Crippen LogP contribution in [0.15, 0.2) is 58.4 Å². The molecule has 3 aromatic rings. The van der Waals surface area contributed by atoms with Crippen LogP contribution in [0.2, 0.25) is 0 Å². The summed E-state index contributed by atoms with van der Waals surface area (Å²) in [5.74, 6) is 1.72. The summed E-state index contributed by atoms with van der Waals surface area (Å²) in [4.78, 5) is 36.8. The van der Waals surface area contributed by atoms with Gasteiger partial charge in [0.25, 0.3) is 11.5 Å². The van der Waals surface area contributed by atoms with E-state index in [1.807, 2.05) is 34.4 Å². The molecule has 9 nitrogen and oxygen atoms in total. The van der Waals surface area contributed by atoms with E-state index in [0.29, 0.717) is 36.4 Å². The van der Waals surface area contributed by atoms with Gasteiger partial charge >= 0.3 is 0 Å². The van der Waals surface area contributed by atoms with Gasteiger partial charge < -0.3 is 24.1 Å². The number of imidazole rings is 1. The minimum Gasteiger partial charge on any atom is -0.501 e. The minimum atomic E-state index is -0.233. The fraction of sp³-hybridized carbons (Fsp3) is 0.452. The van der Waals surface area contributed by atoms with Crippen molar-refractivity contribution < 1.29 is 19.0 Å². The van der Waals surface area contributed by atoms with Crippen LogP contribution in [-0.4, -0.2) is 59.2 Å². The molecule has 0 unspecified atom stereocenters. The van der Waals surface area contributed by atoms with Gasteiger partial charge in [-0.05, 0) is 68.0 Å². The molecule has 2 aromatic heterocycles. The highest BCUT2D eigenvalue weighted by molar-refractivity contribution is 6.00. The molecule has 1 amide bonds. The Morgan fingerprint density at radius 1 is 1.23 bits per heavy atom. The van der Waals surface area contributed by atoms with Gasteiger partial charge in [0, 0.05) is 44.0 Å². The van der Waals surface area contributed by atoms with Gasteiger partial charge in [-0.15, -0.1) is 0 Å². The Morgan fingerprint density at radius 3 is 2.75 bits per heavy atom. The predicted molar refractivity (Wildman–Crippen MR) is 154 cm³/mol. The summed E-state index contributed by atoms with van der Waals surface area (Å²) in [6, 6.07) is 3.75. The molecule has 0 saturated carbocycles. The molecule has 0 spiro atoms. The Hall–Kier alpha value is -3.69. The number of allylic oxidation sites excluding steroid dienone is 4. The van der Waals surface area contributed by atoms with Gasteiger partial charge in [-0.1, -0.05) is 19.4 Å². The third kappa shape index (κ3) is 5.36. The van der Waals surface area contributed by atoms with Crippen LogP contribution in [0, 0.1) is 0 Å². The lowest BCUT2D eigenvalue weighted by Gasteiger charge is -2.23. The lowest BCUT2D eigenvalue weighted by atomic mass is 9.99. The van der Waals surface area contributed by atoms with Crippen LogP contribution >= 0.6 is 0 Å². The van der Waals surface area contributed by atoms with Gasteiger partial charge in [0.05, 0.1) is 36.7 Å². The maximum atomic E-state index is 14.2. The van der Waals surface area contributed by atoms with Crippen LogP contribution in [0.25, 0.3) is 16.6 Å². The fourth-order valence-electron chi connectivity index (χ4n) is 5.62. The molecule has 40 heavy (non-hydrogen) atoms. The number of carbonyl (C=O) groups excluding carboxylic acids is 1. The fourth-order valence-corrected chi connectivity index (χ4v) is 5.62. The molecule has 2 aliphatic rings. The van der Waals surface area contributed by atoms with Crippen molar-refractivity contribution in [3.05, 3.63) is 80.9 Å². The van der Waals surface area contributed by atoms with Crippen LogP contribution in [0.4, 0.5) is 0 Å². The average molecular weight is 547 g/mol. The van der Waals surface area contributed by atoms with E-state index in [2.05, 4.69) is 23.0 Å². The van der Waals surface area contributed by atoms with Gasteiger partial charge in [-0.3, -0.25) is 14.0 Å². The number of benzene rings is 1. The Bertz CT molecular complexity index is 1560. The molecule has 1 aromatic carbocycles. The standard InChI is InChI=1S/C31H38N4O5/c1-5-6-7-8-26-22(15-20(2)39-4)9-12-34(26)31(37)24-17-25-27(16-23(24)19-38-3)35-28(30(36)33-25)18-32-29(35)21-10-13-40-14-11-21/h7-8,15-18,21H,5-6,9-14,19H2,1-4H3,(H,33,36)/b8-7+,20-15+. The molecule has 4 heterocycles. The highest BCUT2D eigenvalue weighted by Gasteiger charge is 2.29. The molecule has 1 saturated heterocycles. The zero-order valence-corrected chi connectivity index (χ0v) is 23.8. The maximum Gasteiger partial charge on any atom is 0.274 e. The molecule has 0 radical (unpaired) electrons. The molecule has 5 rings (SSSR count). The van der Waals surface area contributed by atoms with Gasteiger partial charge in [0.1, 0.15) is 11.3 Å². The number of nitrogens with one attached hydrogen (secondary N) is 1. The van der Waals surface area contributed by atoms with Crippen molar-refractivity contribution in [2.75, 3.05) is 34.0 Å². The third-order valence-corrected chi connectivity index (χ3v) is 7.75. The van der Waals surface area contributed by atoms with Crippen molar-refractivity contribution in [2.24, 2.45) is 0 Å². The second kappa shape index (κ2) is 12.2. The topological polar surface area (TPSA) is 98.2 Å². The molecule has 212 valence electrons. The van der Waals surface area contributed by atoms with Gasteiger partial charge in [0.2, 0.25) is 0 Å². The first-order valence-corrected chi connectivity index (χ1v) is 14.0. The highest BCUT2D eigenvalue weighted by atomic mass is 16.5. The summed E-state index contributed by atoms with van der Waals surface area (Å²) in [7, 11) is 3.27. The maximum absolute atomic E-state index is 14.2. The molecule has 1 fully saturated rings. The Balaban J connectivity index is 1.63. The van der Waals surface area contributed by atoms with Crippen molar-refractivity contribution in [2.45, 2.75) is 58.5 Å².